The summed E-state index contributed by atoms with van der Waals surface area (Å²) in [5.41, 5.74) is 1.72. The number of aliphatic hydroxyl groups excluding tert-OH is 1. The van der Waals surface area contributed by atoms with Crippen LogP contribution in [0.25, 0.3) is 0 Å². The third kappa shape index (κ3) is 5.82. The smallest absolute Gasteiger partial charge is 0.119 e. The first-order valence-corrected chi connectivity index (χ1v) is 6.65. The van der Waals surface area contributed by atoms with Crippen molar-refractivity contribution >= 4 is 5.71 Å². The summed E-state index contributed by atoms with van der Waals surface area (Å²) in [5, 5.41) is 16.7. The van der Waals surface area contributed by atoms with Gasteiger partial charge in [-0.1, -0.05) is 25.5 Å². The topological polar surface area (TPSA) is 53.3 Å². The Morgan fingerprint density at radius 1 is 1.17 bits per heavy atom. The highest BCUT2D eigenvalue weighted by atomic mass is 16.5. The molecule has 1 aromatic carbocycles. The molecule has 0 amide bonds. The van der Waals surface area contributed by atoms with Crippen LogP contribution in [0.15, 0.2) is 24.3 Å². The molecule has 0 aliphatic heterocycles. The first kappa shape index (κ1) is 14.7. The number of hydrogen-bond acceptors (Lipinski definition) is 3. The molecule has 0 unspecified atom stereocenters. The Balaban J connectivity index is 2.15. The molecule has 0 aromatic heterocycles. The molecule has 1 rings (SSSR count). The van der Waals surface area contributed by atoms with Gasteiger partial charge in [0.25, 0.3) is 0 Å². The summed E-state index contributed by atoms with van der Waals surface area (Å²) < 4.78 is 5.58. The number of benzene rings is 1. The monoisotopic (exact) mass is 249 g/mol. The van der Waals surface area contributed by atoms with Gasteiger partial charge >= 0.3 is 0 Å². The van der Waals surface area contributed by atoms with Crippen molar-refractivity contribution in [3.05, 3.63) is 29.8 Å². The second-order valence-corrected chi connectivity index (χ2v) is 4.46. The number of hydrogen-bond donors (Lipinski definition) is 2. The van der Waals surface area contributed by atoms with Crippen LogP contribution in [0.5, 0.6) is 5.75 Å². The largest absolute Gasteiger partial charge is 0.494 e. The number of nitrogens with one attached hydrogen (secondary N) is 1. The van der Waals surface area contributed by atoms with Gasteiger partial charge in [-0.25, -0.2) is 0 Å². The Kier molecular flexibility index (Phi) is 7.11. The number of unbranched alkanes of at least 4 members (excludes halogenated alkanes) is 1. The van der Waals surface area contributed by atoms with E-state index in [4.69, 9.17) is 15.3 Å². The zero-order valence-corrected chi connectivity index (χ0v) is 11.1. The summed E-state index contributed by atoms with van der Waals surface area (Å²) in [5.74, 6) is 0.826. The van der Waals surface area contributed by atoms with Crippen molar-refractivity contribution in [2.75, 3.05) is 6.61 Å². The van der Waals surface area contributed by atoms with Gasteiger partial charge in [0.05, 0.1) is 13.2 Å². The molecule has 0 bridgehead atoms. The zero-order valence-electron chi connectivity index (χ0n) is 11.1. The molecule has 0 radical (unpaired) electrons. The lowest BCUT2D eigenvalue weighted by atomic mass is 10.1. The predicted octanol–water partition coefficient (Wildman–Crippen LogP) is 3.55. The second-order valence-electron chi connectivity index (χ2n) is 4.46. The molecular weight excluding hydrogens is 226 g/mol. The van der Waals surface area contributed by atoms with Crippen LogP contribution in [-0.4, -0.2) is 17.4 Å². The maximum Gasteiger partial charge on any atom is 0.119 e. The van der Waals surface area contributed by atoms with Crippen LogP contribution >= 0.6 is 0 Å². The first-order chi connectivity index (χ1) is 8.76. The summed E-state index contributed by atoms with van der Waals surface area (Å²) >= 11 is 0. The fourth-order valence-electron chi connectivity index (χ4n) is 1.68. The summed E-state index contributed by atoms with van der Waals surface area (Å²) in [6, 6.07) is 7.46. The highest BCUT2D eigenvalue weighted by molar-refractivity contribution is 5.81. The molecule has 1 aromatic rings. The normalized spacial score (nSPS) is 10.3. The molecule has 0 atom stereocenters. The van der Waals surface area contributed by atoms with Crippen LogP contribution in [0.3, 0.4) is 0 Å². The lowest BCUT2D eigenvalue weighted by Gasteiger charge is -2.07. The number of aliphatic hydroxyl groups is 1. The average Bonchev–Trinajstić information content (AvgIpc) is 2.42. The maximum atomic E-state index is 8.91. The summed E-state index contributed by atoms with van der Waals surface area (Å²) in [6.45, 7) is 2.86. The van der Waals surface area contributed by atoms with E-state index in [2.05, 4.69) is 6.92 Å². The SMILES string of the molecule is CCCCC(=N)CCCOc1ccc(CO)cc1. The molecule has 18 heavy (non-hydrogen) atoms. The molecule has 0 saturated heterocycles. The summed E-state index contributed by atoms with van der Waals surface area (Å²) in [4.78, 5) is 0. The van der Waals surface area contributed by atoms with Crippen molar-refractivity contribution in [1.82, 2.24) is 0 Å². The van der Waals surface area contributed by atoms with Gasteiger partial charge in [0, 0.05) is 5.71 Å². The van der Waals surface area contributed by atoms with Crippen LogP contribution in [0, 0.1) is 5.41 Å². The highest BCUT2D eigenvalue weighted by Gasteiger charge is 1.98. The van der Waals surface area contributed by atoms with E-state index < -0.39 is 0 Å². The molecule has 0 aliphatic carbocycles. The lowest BCUT2D eigenvalue weighted by Crippen LogP contribution is -2.02. The average molecular weight is 249 g/mol. The highest BCUT2D eigenvalue weighted by Crippen LogP contribution is 2.12. The van der Waals surface area contributed by atoms with E-state index in [1.54, 1.807) is 0 Å². The predicted molar refractivity (Wildman–Crippen MR) is 74.3 cm³/mol. The standard InChI is InChI=1S/C15H23NO2/c1-2-3-5-14(16)6-4-11-18-15-9-7-13(12-17)8-10-15/h7-10,16-17H,2-6,11-12H2,1H3. The molecule has 3 nitrogen and oxygen atoms in total. The molecular formula is C15H23NO2. The van der Waals surface area contributed by atoms with Crippen molar-refractivity contribution in [1.29, 1.82) is 5.41 Å². The van der Waals surface area contributed by atoms with Crippen molar-refractivity contribution in [2.24, 2.45) is 0 Å². The Hall–Kier alpha value is -1.35. The molecule has 0 spiro atoms. The van der Waals surface area contributed by atoms with E-state index in [9.17, 15) is 0 Å². The molecule has 0 heterocycles. The van der Waals surface area contributed by atoms with E-state index in [0.29, 0.717) is 6.61 Å². The summed E-state index contributed by atoms with van der Waals surface area (Å²) in [6.07, 6.45) is 4.90. The van der Waals surface area contributed by atoms with Gasteiger partial charge in [-0.2, -0.15) is 0 Å². The second kappa shape index (κ2) is 8.70. The maximum absolute atomic E-state index is 8.91. The fraction of sp³-hybridized carbons (Fsp3) is 0.533. The van der Waals surface area contributed by atoms with E-state index in [1.165, 1.54) is 0 Å². The van der Waals surface area contributed by atoms with Crippen molar-refractivity contribution in [3.8, 4) is 5.75 Å². The zero-order chi connectivity index (χ0) is 13.2. The van der Waals surface area contributed by atoms with E-state index in [0.717, 1.165) is 49.1 Å². The first-order valence-electron chi connectivity index (χ1n) is 6.65. The van der Waals surface area contributed by atoms with Gasteiger partial charge in [0.2, 0.25) is 0 Å². The molecule has 3 heteroatoms. The molecule has 0 aliphatic rings. The minimum Gasteiger partial charge on any atom is -0.494 e. The van der Waals surface area contributed by atoms with Crippen molar-refractivity contribution in [2.45, 2.75) is 45.6 Å². The van der Waals surface area contributed by atoms with Crippen LogP contribution < -0.4 is 4.74 Å². The van der Waals surface area contributed by atoms with Gasteiger partial charge in [-0.15, -0.1) is 0 Å². The van der Waals surface area contributed by atoms with Crippen LogP contribution in [0.2, 0.25) is 0 Å². The number of rotatable bonds is 9. The third-order valence-electron chi connectivity index (χ3n) is 2.83. The third-order valence-corrected chi connectivity index (χ3v) is 2.83. The minimum absolute atomic E-state index is 0.0644. The molecule has 0 saturated carbocycles. The van der Waals surface area contributed by atoms with Gasteiger partial charge in [0.15, 0.2) is 0 Å². The Bertz CT molecular complexity index is 346. The summed E-state index contributed by atoms with van der Waals surface area (Å²) in [7, 11) is 0. The fourth-order valence-corrected chi connectivity index (χ4v) is 1.68. The minimum atomic E-state index is 0.0644. The van der Waals surface area contributed by atoms with Gasteiger partial charge in [0.1, 0.15) is 5.75 Å². The Morgan fingerprint density at radius 3 is 2.44 bits per heavy atom. The number of ether oxygens (including phenoxy) is 1. The van der Waals surface area contributed by atoms with Gasteiger partial charge in [-0.05, 0) is 43.4 Å². The van der Waals surface area contributed by atoms with Crippen molar-refractivity contribution < 1.29 is 9.84 Å². The van der Waals surface area contributed by atoms with E-state index in [1.807, 2.05) is 24.3 Å². The Morgan fingerprint density at radius 2 is 1.83 bits per heavy atom. The van der Waals surface area contributed by atoms with Crippen LogP contribution in [0.4, 0.5) is 0 Å². The lowest BCUT2D eigenvalue weighted by molar-refractivity contribution is 0.281. The molecule has 0 fully saturated rings. The van der Waals surface area contributed by atoms with Gasteiger partial charge in [-0.3, -0.25) is 0 Å². The molecule has 100 valence electrons. The van der Waals surface area contributed by atoms with Gasteiger partial charge < -0.3 is 15.3 Å². The quantitative estimate of drug-likeness (QED) is 0.519. The van der Waals surface area contributed by atoms with Crippen LogP contribution in [0.1, 0.15) is 44.6 Å². The van der Waals surface area contributed by atoms with E-state index in [-0.39, 0.29) is 6.61 Å². The van der Waals surface area contributed by atoms with Crippen LogP contribution in [-0.2, 0) is 6.61 Å². The Labute approximate surface area is 109 Å². The van der Waals surface area contributed by atoms with Crippen molar-refractivity contribution in [3.63, 3.8) is 0 Å². The van der Waals surface area contributed by atoms with E-state index >= 15 is 0 Å². The molecule has 2 N–H and O–H groups in total.